The van der Waals surface area contributed by atoms with Gasteiger partial charge in [-0.05, 0) is 27.6 Å². The monoisotopic (exact) mass is 277 g/mol. The molecular formula is C10H10BrF2NO. The molecule has 0 saturated carbocycles. The zero-order chi connectivity index (χ0) is 11.4. The van der Waals surface area contributed by atoms with Crippen LogP contribution >= 0.6 is 15.9 Å². The molecule has 1 aromatic rings. The fourth-order valence-electron chi connectivity index (χ4n) is 0.900. The second-order valence-corrected chi connectivity index (χ2v) is 3.80. The van der Waals surface area contributed by atoms with E-state index in [1.54, 1.807) is 0 Å². The number of nitrogens with two attached hydrogens (primary N) is 1. The van der Waals surface area contributed by atoms with Crippen molar-refractivity contribution in [1.82, 2.24) is 0 Å². The van der Waals surface area contributed by atoms with Crippen molar-refractivity contribution in [2.45, 2.75) is 0 Å². The minimum absolute atomic E-state index is 0.0361. The summed E-state index contributed by atoms with van der Waals surface area (Å²) in [5.74, 6) is -1.46. The van der Waals surface area contributed by atoms with Crippen molar-refractivity contribution in [3.05, 3.63) is 40.4 Å². The molecule has 1 aromatic carbocycles. The number of rotatable bonds is 4. The summed E-state index contributed by atoms with van der Waals surface area (Å²) in [6.07, 6.45) is 0. The van der Waals surface area contributed by atoms with E-state index in [2.05, 4.69) is 22.5 Å². The fourth-order valence-corrected chi connectivity index (χ4v) is 1.42. The van der Waals surface area contributed by atoms with Gasteiger partial charge in [-0.2, -0.15) is 0 Å². The maximum absolute atomic E-state index is 13.2. The summed E-state index contributed by atoms with van der Waals surface area (Å²) in [6, 6.07) is 1.88. The quantitative estimate of drug-likeness (QED) is 0.859. The third-order valence-electron chi connectivity index (χ3n) is 1.67. The van der Waals surface area contributed by atoms with Gasteiger partial charge in [0.05, 0.1) is 4.47 Å². The van der Waals surface area contributed by atoms with Crippen LogP contribution in [-0.4, -0.2) is 13.2 Å². The Morgan fingerprint density at radius 3 is 2.67 bits per heavy atom. The van der Waals surface area contributed by atoms with E-state index in [4.69, 9.17) is 10.5 Å². The molecule has 82 valence electrons. The van der Waals surface area contributed by atoms with Gasteiger partial charge >= 0.3 is 0 Å². The Bertz CT molecular complexity index is 359. The van der Waals surface area contributed by atoms with Crippen molar-refractivity contribution in [2.24, 2.45) is 5.73 Å². The highest BCUT2D eigenvalue weighted by molar-refractivity contribution is 9.10. The average Bonchev–Trinajstić information content (AvgIpc) is 2.15. The molecule has 0 unspecified atom stereocenters. The summed E-state index contributed by atoms with van der Waals surface area (Å²) >= 11 is 3.00. The Morgan fingerprint density at radius 2 is 2.13 bits per heavy atom. The maximum atomic E-state index is 13.2. The number of ether oxygens (including phenoxy) is 1. The van der Waals surface area contributed by atoms with Gasteiger partial charge in [-0.15, -0.1) is 0 Å². The molecule has 0 amide bonds. The molecule has 15 heavy (non-hydrogen) atoms. The lowest BCUT2D eigenvalue weighted by atomic mass is 10.3. The van der Waals surface area contributed by atoms with Crippen LogP contribution in [0, 0.1) is 11.6 Å². The van der Waals surface area contributed by atoms with Crippen molar-refractivity contribution < 1.29 is 13.5 Å². The first kappa shape index (κ1) is 12.1. The van der Waals surface area contributed by atoms with Gasteiger partial charge in [0.2, 0.25) is 0 Å². The van der Waals surface area contributed by atoms with Gasteiger partial charge in [-0.3, -0.25) is 0 Å². The minimum atomic E-state index is -0.758. The first-order valence-electron chi connectivity index (χ1n) is 4.18. The molecule has 1 rings (SSSR count). The molecule has 0 fully saturated rings. The molecule has 2 N–H and O–H groups in total. The standard InChI is InChI=1S/C10H10BrF2NO/c1-6(4-14)5-15-10-8(11)2-7(12)3-9(10)13/h2-3H,1,4-5,14H2. The van der Waals surface area contributed by atoms with Crippen LogP contribution in [0.2, 0.25) is 0 Å². The van der Waals surface area contributed by atoms with Crippen molar-refractivity contribution in [2.75, 3.05) is 13.2 Å². The van der Waals surface area contributed by atoms with Crippen LogP contribution in [0.25, 0.3) is 0 Å². The molecule has 0 aliphatic heterocycles. The van der Waals surface area contributed by atoms with Gasteiger partial charge in [-0.25, -0.2) is 8.78 Å². The molecule has 0 saturated heterocycles. The zero-order valence-corrected chi connectivity index (χ0v) is 9.48. The summed E-state index contributed by atoms with van der Waals surface area (Å²) in [4.78, 5) is 0. The molecule has 0 heterocycles. The van der Waals surface area contributed by atoms with Crippen molar-refractivity contribution in [1.29, 1.82) is 0 Å². The third kappa shape index (κ3) is 3.28. The molecule has 0 aliphatic rings. The van der Waals surface area contributed by atoms with Gasteiger partial charge in [0.25, 0.3) is 0 Å². The van der Waals surface area contributed by atoms with E-state index >= 15 is 0 Å². The molecule has 0 aromatic heterocycles. The molecular weight excluding hydrogens is 268 g/mol. The topological polar surface area (TPSA) is 35.2 Å². The molecule has 0 spiro atoms. The molecule has 0 aliphatic carbocycles. The molecule has 0 atom stereocenters. The second kappa shape index (κ2) is 5.23. The summed E-state index contributed by atoms with van der Waals surface area (Å²) in [6.45, 7) is 3.98. The summed E-state index contributed by atoms with van der Waals surface area (Å²) in [5.41, 5.74) is 5.92. The van der Waals surface area contributed by atoms with Crippen LogP contribution in [0.4, 0.5) is 8.78 Å². The van der Waals surface area contributed by atoms with E-state index in [1.807, 2.05) is 0 Å². The van der Waals surface area contributed by atoms with Crippen molar-refractivity contribution in [3.8, 4) is 5.75 Å². The van der Waals surface area contributed by atoms with Crippen LogP contribution in [0.15, 0.2) is 28.8 Å². The number of benzene rings is 1. The van der Waals surface area contributed by atoms with Gasteiger partial charge < -0.3 is 10.5 Å². The molecule has 5 heteroatoms. The van der Waals surface area contributed by atoms with E-state index in [9.17, 15) is 8.78 Å². The highest BCUT2D eigenvalue weighted by Crippen LogP contribution is 2.29. The Balaban J connectivity index is 2.81. The normalized spacial score (nSPS) is 10.1. The van der Waals surface area contributed by atoms with Crippen LogP contribution < -0.4 is 10.5 Å². The van der Waals surface area contributed by atoms with Crippen LogP contribution in [0.3, 0.4) is 0 Å². The first-order valence-corrected chi connectivity index (χ1v) is 4.98. The van der Waals surface area contributed by atoms with E-state index in [0.717, 1.165) is 12.1 Å². The average molecular weight is 278 g/mol. The highest BCUT2D eigenvalue weighted by atomic mass is 79.9. The van der Waals surface area contributed by atoms with E-state index in [1.165, 1.54) is 0 Å². The third-order valence-corrected chi connectivity index (χ3v) is 2.26. The lowest BCUT2D eigenvalue weighted by molar-refractivity contribution is 0.327. The van der Waals surface area contributed by atoms with Gasteiger partial charge in [0, 0.05) is 12.6 Å². The van der Waals surface area contributed by atoms with Crippen LogP contribution in [-0.2, 0) is 0 Å². The van der Waals surface area contributed by atoms with Gasteiger partial charge in [0.15, 0.2) is 11.6 Å². The molecule has 0 bridgehead atoms. The Morgan fingerprint density at radius 1 is 1.47 bits per heavy atom. The van der Waals surface area contributed by atoms with E-state index in [-0.39, 0.29) is 23.4 Å². The summed E-state index contributed by atoms with van der Waals surface area (Å²) < 4.78 is 31.3. The van der Waals surface area contributed by atoms with Gasteiger partial charge in [-0.1, -0.05) is 6.58 Å². The predicted octanol–water partition coefficient (Wildman–Crippen LogP) is 2.62. The van der Waals surface area contributed by atoms with Crippen LogP contribution in [0.5, 0.6) is 5.75 Å². The number of halogens is 3. The SMILES string of the molecule is C=C(CN)COc1c(F)cc(F)cc1Br. The second-order valence-electron chi connectivity index (χ2n) is 2.94. The highest BCUT2D eigenvalue weighted by Gasteiger charge is 2.10. The summed E-state index contributed by atoms with van der Waals surface area (Å²) in [7, 11) is 0. The van der Waals surface area contributed by atoms with Crippen LogP contribution in [0.1, 0.15) is 0 Å². The summed E-state index contributed by atoms with van der Waals surface area (Å²) in [5, 5.41) is 0. The fraction of sp³-hybridized carbons (Fsp3) is 0.200. The Labute approximate surface area is 94.9 Å². The minimum Gasteiger partial charge on any atom is -0.485 e. The molecule has 0 radical (unpaired) electrons. The number of hydrogen-bond donors (Lipinski definition) is 1. The largest absolute Gasteiger partial charge is 0.485 e. The maximum Gasteiger partial charge on any atom is 0.169 e. The lowest BCUT2D eigenvalue weighted by Gasteiger charge is -2.09. The van der Waals surface area contributed by atoms with Crippen molar-refractivity contribution >= 4 is 15.9 Å². The van der Waals surface area contributed by atoms with Crippen molar-refractivity contribution in [3.63, 3.8) is 0 Å². The first-order chi connectivity index (χ1) is 7.04. The van der Waals surface area contributed by atoms with E-state index in [0.29, 0.717) is 5.57 Å². The van der Waals surface area contributed by atoms with E-state index < -0.39 is 11.6 Å². The van der Waals surface area contributed by atoms with Gasteiger partial charge in [0.1, 0.15) is 12.4 Å². The number of hydrogen-bond acceptors (Lipinski definition) is 2. The predicted molar refractivity (Wildman–Crippen MR) is 57.7 cm³/mol. The lowest BCUT2D eigenvalue weighted by Crippen LogP contribution is -2.10. The Hall–Kier alpha value is -0.940. The smallest absolute Gasteiger partial charge is 0.169 e. The zero-order valence-electron chi connectivity index (χ0n) is 7.90. The molecule has 2 nitrogen and oxygen atoms in total. The Kier molecular flexibility index (Phi) is 4.23.